The molecule has 1 aromatic heterocycles. The highest BCUT2D eigenvalue weighted by Crippen LogP contribution is 2.07. The van der Waals surface area contributed by atoms with E-state index in [9.17, 15) is 8.42 Å². The van der Waals surface area contributed by atoms with Crippen LogP contribution in [0.15, 0.2) is 12.5 Å². The standard InChI is InChI=1S/C5H9N3O3S/c1-4(8-12(9,10)11)5-2-6-3-7-5/h2-4,8H,1H3,(H,6,7)(H,9,10,11)/t4-/m0/s1. The zero-order chi connectivity index (χ0) is 9.19. The summed E-state index contributed by atoms with van der Waals surface area (Å²) in [6.07, 6.45) is 2.90. The molecule has 0 saturated carbocycles. The van der Waals surface area contributed by atoms with E-state index in [1.807, 2.05) is 4.72 Å². The van der Waals surface area contributed by atoms with Crippen molar-refractivity contribution in [2.45, 2.75) is 13.0 Å². The van der Waals surface area contributed by atoms with Gasteiger partial charge in [-0.05, 0) is 6.92 Å². The molecule has 0 unspecified atom stereocenters. The minimum absolute atomic E-state index is 0.512. The van der Waals surface area contributed by atoms with Gasteiger partial charge in [0.15, 0.2) is 0 Å². The van der Waals surface area contributed by atoms with Crippen LogP contribution in [0.1, 0.15) is 18.7 Å². The van der Waals surface area contributed by atoms with Gasteiger partial charge in [-0.1, -0.05) is 0 Å². The molecule has 0 fully saturated rings. The molecule has 0 aromatic carbocycles. The molecule has 0 aliphatic heterocycles. The zero-order valence-corrected chi connectivity index (χ0v) is 7.17. The molecule has 68 valence electrons. The number of H-pyrrole nitrogens is 1. The van der Waals surface area contributed by atoms with Crippen LogP contribution in [0, 0.1) is 0 Å². The lowest BCUT2D eigenvalue weighted by Crippen LogP contribution is -2.25. The SMILES string of the molecule is C[C@H](NS(=O)(=O)O)c1cnc[nH]1. The maximum Gasteiger partial charge on any atom is 0.333 e. The van der Waals surface area contributed by atoms with Crippen LogP contribution in [0.4, 0.5) is 0 Å². The molecule has 1 rings (SSSR count). The molecule has 7 heteroatoms. The van der Waals surface area contributed by atoms with Crippen molar-refractivity contribution in [1.29, 1.82) is 0 Å². The lowest BCUT2D eigenvalue weighted by atomic mass is 10.3. The summed E-state index contributed by atoms with van der Waals surface area (Å²) in [6.45, 7) is 1.58. The molecule has 12 heavy (non-hydrogen) atoms. The van der Waals surface area contributed by atoms with Crippen molar-refractivity contribution < 1.29 is 13.0 Å². The molecule has 0 aliphatic rings. The third-order valence-corrected chi connectivity index (χ3v) is 1.96. The molecule has 0 saturated heterocycles. The number of aromatic nitrogens is 2. The molecule has 1 atom stereocenters. The van der Waals surface area contributed by atoms with Gasteiger partial charge in [0.2, 0.25) is 0 Å². The van der Waals surface area contributed by atoms with E-state index < -0.39 is 16.3 Å². The highest BCUT2D eigenvalue weighted by atomic mass is 32.2. The Morgan fingerprint density at radius 2 is 2.42 bits per heavy atom. The summed E-state index contributed by atoms with van der Waals surface area (Å²) < 4.78 is 31.1. The van der Waals surface area contributed by atoms with Crippen molar-refractivity contribution in [3.8, 4) is 0 Å². The number of hydrogen-bond donors (Lipinski definition) is 3. The average molecular weight is 191 g/mol. The Labute approximate surface area is 69.9 Å². The van der Waals surface area contributed by atoms with Gasteiger partial charge in [0.1, 0.15) is 0 Å². The molecule has 0 radical (unpaired) electrons. The minimum atomic E-state index is -4.15. The summed E-state index contributed by atoms with van der Waals surface area (Å²) >= 11 is 0. The number of nitrogens with one attached hydrogen (secondary N) is 2. The van der Waals surface area contributed by atoms with Crippen molar-refractivity contribution in [1.82, 2.24) is 14.7 Å². The first-order chi connectivity index (χ1) is 5.49. The van der Waals surface area contributed by atoms with Crippen LogP contribution in [-0.4, -0.2) is 22.9 Å². The third kappa shape index (κ3) is 2.61. The van der Waals surface area contributed by atoms with Crippen molar-refractivity contribution in [3.63, 3.8) is 0 Å². The lowest BCUT2D eigenvalue weighted by Gasteiger charge is -2.07. The van der Waals surface area contributed by atoms with Crippen molar-refractivity contribution in [3.05, 3.63) is 18.2 Å². The number of imidazole rings is 1. The summed E-state index contributed by atoms with van der Waals surface area (Å²) in [6, 6.07) is -0.512. The predicted octanol–water partition coefficient (Wildman–Crippen LogP) is -0.137. The van der Waals surface area contributed by atoms with Crippen LogP contribution in [0.3, 0.4) is 0 Å². The van der Waals surface area contributed by atoms with Crippen molar-refractivity contribution >= 4 is 10.3 Å². The van der Waals surface area contributed by atoms with E-state index >= 15 is 0 Å². The first-order valence-corrected chi connectivity index (χ1v) is 4.66. The normalized spacial score (nSPS) is 14.5. The fraction of sp³-hybridized carbons (Fsp3) is 0.400. The second kappa shape index (κ2) is 3.21. The topological polar surface area (TPSA) is 95.1 Å². The van der Waals surface area contributed by atoms with E-state index in [4.69, 9.17) is 4.55 Å². The van der Waals surface area contributed by atoms with Gasteiger partial charge in [-0.2, -0.15) is 13.1 Å². The average Bonchev–Trinajstić information content (AvgIpc) is 2.32. The zero-order valence-electron chi connectivity index (χ0n) is 6.35. The second-order valence-electron chi connectivity index (χ2n) is 2.32. The molecule has 0 amide bonds. The number of aromatic amines is 1. The Kier molecular flexibility index (Phi) is 2.46. The maximum absolute atomic E-state index is 10.3. The molecular weight excluding hydrogens is 182 g/mol. The summed E-state index contributed by atoms with van der Waals surface area (Å²) in [4.78, 5) is 6.41. The highest BCUT2D eigenvalue weighted by Gasteiger charge is 2.12. The summed E-state index contributed by atoms with van der Waals surface area (Å²) in [5, 5.41) is 0. The van der Waals surface area contributed by atoms with Crippen LogP contribution in [0.2, 0.25) is 0 Å². The Morgan fingerprint density at radius 1 is 1.75 bits per heavy atom. The van der Waals surface area contributed by atoms with E-state index in [2.05, 4.69) is 9.97 Å². The van der Waals surface area contributed by atoms with E-state index in [-0.39, 0.29) is 0 Å². The van der Waals surface area contributed by atoms with E-state index in [1.54, 1.807) is 6.92 Å². The molecule has 0 bridgehead atoms. The van der Waals surface area contributed by atoms with Gasteiger partial charge in [-0.25, -0.2) is 4.98 Å². The largest absolute Gasteiger partial charge is 0.347 e. The Bertz CT molecular complexity index is 331. The Balaban J connectivity index is 2.68. The lowest BCUT2D eigenvalue weighted by molar-refractivity contribution is 0.456. The number of rotatable bonds is 3. The summed E-state index contributed by atoms with van der Waals surface area (Å²) in [7, 11) is -4.15. The molecule has 6 nitrogen and oxygen atoms in total. The highest BCUT2D eigenvalue weighted by molar-refractivity contribution is 7.83. The van der Waals surface area contributed by atoms with E-state index in [0.29, 0.717) is 5.69 Å². The van der Waals surface area contributed by atoms with Crippen LogP contribution in [-0.2, 0) is 10.3 Å². The Morgan fingerprint density at radius 3 is 2.83 bits per heavy atom. The smallest absolute Gasteiger partial charge is 0.333 e. The van der Waals surface area contributed by atoms with Gasteiger partial charge >= 0.3 is 10.3 Å². The number of hydrogen-bond acceptors (Lipinski definition) is 3. The maximum atomic E-state index is 10.3. The van der Waals surface area contributed by atoms with E-state index in [1.165, 1.54) is 12.5 Å². The first kappa shape index (κ1) is 9.17. The number of nitrogens with zero attached hydrogens (tertiary/aromatic N) is 1. The molecule has 1 aromatic rings. The van der Waals surface area contributed by atoms with Gasteiger partial charge in [0, 0.05) is 6.20 Å². The first-order valence-electron chi connectivity index (χ1n) is 3.22. The van der Waals surface area contributed by atoms with Crippen LogP contribution >= 0.6 is 0 Å². The summed E-state index contributed by atoms with van der Waals surface area (Å²) in [5.74, 6) is 0. The quantitative estimate of drug-likeness (QED) is 0.579. The molecular formula is C5H9N3O3S. The van der Waals surface area contributed by atoms with Crippen molar-refractivity contribution in [2.24, 2.45) is 0 Å². The van der Waals surface area contributed by atoms with Gasteiger partial charge < -0.3 is 4.98 Å². The van der Waals surface area contributed by atoms with Gasteiger partial charge in [-0.3, -0.25) is 4.55 Å². The van der Waals surface area contributed by atoms with Crippen LogP contribution < -0.4 is 4.72 Å². The van der Waals surface area contributed by atoms with E-state index in [0.717, 1.165) is 0 Å². The van der Waals surface area contributed by atoms with Crippen molar-refractivity contribution in [2.75, 3.05) is 0 Å². The van der Waals surface area contributed by atoms with Crippen LogP contribution in [0.25, 0.3) is 0 Å². The van der Waals surface area contributed by atoms with Gasteiger partial charge in [0.05, 0.1) is 18.1 Å². The molecule has 0 spiro atoms. The monoisotopic (exact) mass is 191 g/mol. The van der Waals surface area contributed by atoms with Gasteiger partial charge in [-0.15, -0.1) is 0 Å². The van der Waals surface area contributed by atoms with Gasteiger partial charge in [0.25, 0.3) is 0 Å². The molecule has 3 N–H and O–H groups in total. The fourth-order valence-electron chi connectivity index (χ4n) is 0.790. The van der Waals surface area contributed by atoms with Crippen LogP contribution in [0.5, 0.6) is 0 Å². The third-order valence-electron chi connectivity index (χ3n) is 1.31. The summed E-state index contributed by atoms with van der Waals surface area (Å²) in [5.41, 5.74) is 0.590. The molecule has 1 heterocycles. The Hall–Kier alpha value is -0.920. The molecule has 0 aliphatic carbocycles. The predicted molar refractivity (Wildman–Crippen MR) is 41.7 cm³/mol. The minimum Gasteiger partial charge on any atom is -0.347 e. The second-order valence-corrected chi connectivity index (χ2v) is 3.51. The fourth-order valence-corrected chi connectivity index (χ4v) is 1.36.